The van der Waals surface area contributed by atoms with Gasteiger partial charge in [-0.2, -0.15) is 0 Å². The topological polar surface area (TPSA) is 228 Å². The zero-order chi connectivity index (χ0) is 28.0. The quantitative estimate of drug-likeness (QED) is 0.0851. The Morgan fingerprint density at radius 3 is 2.72 bits per heavy atom. The van der Waals surface area contributed by atoms with E-state index in [4.69, 9.17) is 16.9 Å². The monoisotopic (exact) mass is 575 g/mol. The maximum absolute atomic E-state index is 13.0. The van der Waals surface area contributed by atoms with Crippen molar-refractivity contribution < 1.29 is 24.3 Å². The van der Waals surface area contributed by atoms with Gasteiger partial charge in [-0.05, 0) is 23.2 Å². The van der Waals surface area contributed by atoms with Gasteiger partial charge in [0, 0.05) is 48.8 Å². The van der Waals surface area contributed by atoms with Crippen LogP contribution in [0.4, 0.5) is 5.13 Å². The van der Waals surface area contributed by atoms with Crippen LogP contribution in [0.5, 0.6) is 0 Å². The second kappa shape index (κ2) is 10.3. The first-order chi connectivity index (χ1) is 18.6. The van der Waals surface area contributed by atoms with Crippen LogP contribution in [-0.4, -0.2) is 97.8 Å². The van der Waals surface area contributed by atoms with E-state index >= 15 is 0 Å². The number of aliphatic carboxylic acids is 1. The molecule has 0 radical (unpaired) electrons. The zero-order valence-corrected chi connectivity index (χ0v) is 22.0. The van der Waals surface area contributed by atoms with Gasteiger partial charge in [0.1, 0.15) is 17.1 Å². The summed E-state index contributed by atoms with van der Waals surface area (Å²) in [6.45, 7) is 2.25. The molecule has 3 saturated heterocycles. The molecule has 15 nitrogen and oxygen atoms in total. The molecular weight excluding hydrogens is 550 g/mol. The number of thiazole rings is 1. The van der Waals surface area contributed by atoms with Gasteiger partial charge in [-0.3, -0.25) is 24.7 Å². The first kappa shape index (κ1) is 26.6. The van der Waals surface area contributed by atoms with Gasteiger partial charge >= 0.3 is 5.97 Å². The highest BCUT2D eigenvalue weighted by molar-refractivity contribution is 8.00. The van der Waals surface area contributed by atoms with Gasteiger partial charge in [0.15, 0.2) is 11.1 Å². The molecule has 5 rings (SSSR count). The second-order valence-electron chi connectivity index (χ2n) is 9.52. The highest BCUT2D eigenvalue weighted by Crippen LogP contribution is 2.41. The SMILES string of the molecule is N=C(N)N1CC(CN2CCC(=CC3=C(C(=O)O)N4C(=O)C(NC(=O)C(N=O)c5csc(N)n5)C4SC3)C2=O)C1. The predicted octanol–water partition coefficient (Wildman–Crippen LogP) is -0.745. The number of guanidine groups is 1. The van der Waals surface area contributed by atoms with E-state index < -0.39 is 35.2 Å². The number of fused-ring (bicyclic) bond motifs is 1. The summed E-state index contributed by atoms with van der Waals surface area (Å²) in [6.07, 6.45) is 2.00. The molecule has 3 fully saturated rings. The molecule has 5 heterocycles. The molecule has 7 N–H and O–H groups in total. The van der Waals surface area contributed by atoms with Crippen molar-refractivity contribution in [1.29, 1.82) is 5.41 Å². The number of nitrogens with one attached hydrogen (secondary N) is 2. The van der Waals surface area contributed by atoms with Crippen LogP contribution < -0.4 is 16.8 Å². The minimum atomic E-state index is -1.49. The van der Waals surface area contributed by atoms with Crippen LogP contribution in [0, 0.1) is 16.2 Å². The molecule has 4 aliphatic heterocycles. The lowest BCUT2D eigenvalue weighted by molar-refractivity contribution is -0.150. The standard InChI is InChI=1S/C22H25N9O6S2/c23-21(24)30-5-9(6-30)4-29-2-1-10(17(29)33)3-11-7-38-19-14(18(34)31(19)15(11)20(35)36)27-16(32)13(28-37)12-8-39-22(25)26-12/h3,8-9,13-14,19H,1-2,4-7H2,(H3,23,24)(H2,25,26)(H,27,32)(H,35,36). The molecule has 39 heavy (non-hydrogen) atoms. The van der Waals surface area contributed by atoms with E-state index in [9.17, 15) is 29.2 Å². The van der Waals surface area contributed by atoms with Crippen LogP contribution in [0.25, 0.3) is 0 Å². The van der Waals surface area contributed by atoms with E-state index in [2.05, 4.69) is 15.5 Å². The van der Waals surface area contributed by atoms with Crippen molar-refractivity contribution in [3.8, 4) is 0 Å². The number of carbonyl (C=O) groups excluding carboxylic acids is 3. The summed E-state index contributed by atoms with van der Waals surface area (Å²) in [4.78, 5) is 70.5. The molecule has 0 aromatic carbocycles. The molecule has 206 valence electrons. The van der Waals surface area contributed by atoms with Gasteiger partial charge in [-0.25, -0.2) is 9.78 Å². The number of carboxylic acids is 1. The van der Waals surface area contributed by atoms with Crippen molar-refractivity contribution in [3.05, 3.63) is 38.9 Å². The Hall–Kier alpha value is -3.99. The lowest BCUT2D eigenvalue weighted by Crippen LogP contribution is -2.70. The molecule has 17 heteroatoms. The van der Waals surface area contributed by atoms with Crippen molar-refractivity contribution in [1.82, 2.24) is 25.0 Å². The maximum atomic E-state index is 13.0. The maximum Gasteiger partial charge on any atom is 0.352 e. The van der Waals surface area contributed by atoms with E-state index in [-0.39, 0.29) is 40.1 Å². The second-order valence-corrected chi connectivity index (χ2v) is 11.5. The normalized spacial score (nSPS) is 24.8. The number of rotatable bonds is 8. The largest absolute Gasteiger partial charge is 0.477 e. The summed E-state index contributed by atoms with van der Waals surface area (Å²) in [7, 11) is 0. The van der Waals surface area contributed by atoms with Crippen molar-refractivity contribution in [2.45, 2.75) is 23.9 Å². The third kappa shape index (κ3) is 4.82. The minimum Gasteiger partial charge on any atom is -0.477 e. The lowest BCUT2D eigenvalue weighted by atomic mass is 10.00. The molecule has 3 atom stereocenters. The third-order valence-corrected chi connectivity index (χ3v) is 9.00. The van der Waals surface area contributed by atoms with Crippen LogP contribution in [0.2, 0.25) is 0 Å². The molecule has 0 bridgehead atoms. The van der Waals surface area contributed by atoms with Gasteiger partial charge in [-0.1, -0.05) is 0 Å². The fraction of sp³-hybridized carbons (Fsp3) is 0.455. The van der Waals surface area contributed by atoms with Crippen molar-refractivity contribution in [2.24, 2.45) is 16.8 Å². The molecule has 3 unspecified atom stereocenters. The number of nitroso groups, excluding NO2 is 1. The summed E-state index contributed by atoms with van der Waals surface area (Å²) in [5.74, 6) is -2.56. The first-order valence-corrected chi connectivity index (χ1v) is 13.9. The number of β-lactam (4-membered cyclic amide) rings is 1. The van der Waals surface area contributed by atoms with Crippen LogP contribution in [0.3, 0.4) is 0 Å². The molecule has 1 aromatic rings. The van der Waals surface area contributed by atoms with Gasteiger partial charge in [0.05, 0.1) is 5.69 Å². The molecule has 1 aromatic heterocycles. The first-order valence-electron chi connectivity index (χ1n) is 11.9. The average molecular weight is 576 g/mol. The number of hydrogen-bond donors (Lipinski definition) is 5. The van der Waals surface area contributed by atoms with E-state index in [1.165, 1.54) is 17.1 Å². The van der Waals surface area contributed by atoms with Gasteiger partial charge in [0.2, 0.25) is 11.9 Å². The van der Waals surface area contributed by atoms with Gasteiger partial charge < -0.3 is 31.7 Å². The molecule has 3 amide bonds. The number of aromatic nitrogens is 1. The highest BCUT2D eigenvalue weighted by atomic mass is 32.2. The van der Waals surface area contributed by atoms with Gasteiger partial charge in [0.25, 0.3) is 11.8 Å². The predicted molar refractivity (Wildman–Crippen MR) is 141 cm³/mol. The molecule has 4 aliphatic rings. The summed E-state index contributed by atoms with van der Waals surface area (Å²) < 4.78 is 0. The molecule has 0 saturated carbocycles. The number of hydrogen-bond acceptors (Lipinski definition) is 11. The van der Waals surface area contributed by atoms with E-state index in [0.717, 1.165) is 16.2 Å². The average Bonchev–Trinajstić information content (AvgIpc) is 3.44. The number of likely N-dealkylation sites (tertiary alicyclic amines) is 2. The third-order valence-electron chi connectivity index (χ3n) is 7.01. The Kier molecular flexibility index (Phi) is 7.02. The fourth-order valence-electron chi connectivity index (χ4n) is 5.03. The Labute approximate surface area is 229 Å². The Morgan fingerprint density at radius 2 is 2.10 bits per heavy atom. The number of anilines is 1. The Morgan fingerprint density at radius 1 is 1.36 bits per heavy atom. The number of carbonyl (C=O) groups is 4. The van der Waals surface area contributed by atoms with E-state index in [1.807, 2.05) is 0 Å². The van der Waals surface area contributed by atoms with Crippen molar-refractivity contribution >= 4 is 57.9 Å². The smallest absolute Gasteiger partial charge is 0.352 e. The Balaban J connectivity index is 1.27. The molecule has 0 spiro atoms. The number of nitrogens with zero attached hydrogens (tertiary/aromatic N) is 5. The number of nitrogens with two attached hydrogens (primary N) is 2. The number of thioether (sulfide) groups is 1. The van der Waals surface area contributed by atoms with Gasteiger partial charge in [-0.15, -0.1) is 28.0 Å². The van der Waals surface area contributed by atoms with Crippen LogP contribution in [0.15, 0.2) is 33.5 Å². The van der Waals surface area contributed by atoms with E-state index in [0.29, 0.717) is 43.7 Å². The summed E-state index contributed by atoms with van der Waals surface area (Å²) in [6, 6.07) is -2.54. The number of amides is 3. The molecular formula is C22H25N9O6S2. The van der Waals surface area contributed by atoms with Crippen LogP contribution >= 0.6 is 23.1 Å². The van der Waals surface area contributed by atoms with Crippen LogP contribution in [0.1, 0.15) is 18.2 Å². The summed E-state index contributed by atoms with van der Waals surface area (Å²) in [5, 5.41) is 23.6. The van der Waals surface area contributed by atoms with E-state index in [1.54, 1.807) is 15.9 Å². The number of allylic oxidation sites excluding steroid dienone is 1. The summed E-state index contributed by atoms with van der Waals surface area (Å²) >= 11 is 2.28. The lowest BCUT2D eigenvalue weighted by Gasteiger charge is -2.49. The number of nitrogen functional groups attached to an aromatic ring is 1. The van der Waals surface area contributed by atoms with Crippen LogP contribution in [-0.2, 0) is 19.2 Å². The molecule has 0 aliphatic carbocycles. The fourth-order valence-corrected chi connectivity index (χ4v) is 6.91. The number of carboxylic acid groups (broad SMARTS) is 1. The highest BCUT2D eigenvalue weighted by Gasteiger charge is 2.54. The Bertz CT molecular complexity index is 1340. The summed E-state index contributed by atoms with van der Waals surface area (Å²) in [5.41, 5.74) is 11.7. The zero-order valence-electron chi connectivity index (χ0n) is 20.4. The van der Waals surface area contributed by atoms with Crippen molar-refractivity contribution in [2.75, 3.05) is 37.7 Å². The van der Waals surface area contributed by atoms with Crippen molar-refractivity contribution in [3.63, 3.8) is 0 Å². The minimum absolute atomic E-state index is 0.00745.